The molecule has 0 saturated carbocycles. The Hall–Kier alpha value is -3.15. The van der Waals surface area contributed by atoms with Gasteiger partial charge in [0.05, 0.1) is 17.8 Å². The summed E-state index contributed by atoms with van der Waals surface area (Å²) in [6, 6.07) is 22.8. The Morgan fingerprint density at radius 1 is 0.882 bits per heavy atom. The second-order valence-corrected chi connectivity index (χ2v) is 9.80. The van der Waals surface area contributed by atoms with Gasteiger partial charge in [-0.15, -0.1) is 0 Å². The third-order valence-corrected chi connectivity index (χ3v) is 7.02. The van der Waals surface area contributed by atoms with E-state index in [9.17, 15) is 0 Å². The second-order valence-electron chi connectivity index (χ2n) is 8.98. The predicted octanol–water partition coefficient (Wildman–Crippen LogP) is 6.94. The fourth-order valence-corrected chi connectivity index (χ4v) is 5.59. The van der Waals surface area contributed by atoms with Crippen molar-refractivity contribution in [2.24, 2.45) is 0 Å². The number of nitrogens with zero attached hydrogens (tertiary/aromatic N) is 3. The largest absolute Gasteiger partial charge is 0.351 e. The lowest BCUT2D eigenvalue weighted by Crippen LogP contribution is -2.29. The van der Waals surface area contributed by atoms with Gasteiger partial charge in [-0.2, -0.15) is 0 Å². The number of rotatable bonds is 4. The van der Waals surface area contributed by atoms with Gasteiger partial charge in [-0.25, -0.2) is 0 Å². The molecule has 0 unspecified atom stereocenters. The molecule has 2 aromatic carbocycles. The number of pyridine rings is 1. The van der Waals surface area contributed by atoms with E-state index < -0.39 is 0 Å². The molecule has 5 rings (SSSR count). The van der Waals surface area contributed by atoms with Crippen molar-refractivity contribution in [1.82, 2.24) is 14.9 Å². The fraction of sp³-hybridized carbons (Fsp3) is 0.214. The summed E-state index contributed by atoms with van der Waals surface area (Å²) in [7, 11) is 0. The van der Waals surface area contributed by atoms with Crippen LogP contribution in [0.25, 0.3) is 5.69 Å². The molecule has 6 heteroatoms. The van der Waals surface area contributed by atoms with E-state index in [0.29, 0.717) is 5.11 Å². The molecule has 172 valence electrons. The lowest BCUT2D eigenvalue weighted by atomic mass is 9.96. The lowest BCUT2D eigenvalue weighted by Gasteiger charge is -2.29. The number of aromatic nitrogens is 2. The summed E-state index contributed by atoms with van der Waals surface area (Å²) in [4.78, 5) is 6.94. The first-order valence-electron chi connectivity index (χ1n) is 11.4. The van der Waals surface area contributed by atoms with Crippen molar-refractivity contribution in [2.45, 2.75) is 39.8 Å². The third-order valence-electron chi connectivity index (χ3n) is 6.46. The van der Waals surface area contributed by atoms with Crippen molar-refractivity contribution in [2.75, 3.05) is 4.90 Å². The highest BCUT2D eigenvalue weighted by molar-refractivity contribution is 7.80. The van der Waals surface area contributed by atoms with E-state index in [0.717, 1.165) is 27.8 Å². The molecule has 0 spiro atoms. The molecular weight excluding hydrogens is 460 g/mol. The number of halogens is 1. The zero-order valence-electron chi connectivity index (χ0n) is 19.7. The Bertz CT molecular complexity index is 1340. The Labute approximate surface area is 211 Å². The monoisotopic (exact) mass is 486 g/mol. The summed E-state index contributed by atoms with van der Waals surface area (Å²) in [5.41, 5.74) is 9.13. The Morgan fingerprint density at radius 2 is 1.59 bits per heavy atom. The number of anilines is 1. The first kappa shape index (κ1) is 22.6. The predicted molar refractivity (Wildman–Crippen MR) is 144 cm³/mol. The molecule has 2 aromatic heterocycles. The molecule has 1 saturated heterocycles. The van der Waals surface area contributed by atoms with Crippen molar-refractivity contribution in [1.29, 1.82) is 0 Å². The van der Waals surface area contributed by atoms with Gasteiger partial charge >= 0.3 is 0 Å². The average Bonchev–Trinajstić information content (AvgIpc) is 3.30. The first-order chi connectivity index (χ1) is 16.3. The van der Waals surface area contributed by atoms with E-state index in [1.165, 1.54) is 22.4 Å². The molecule has 0 bridgehead atoms. The molecule has 4 nitrogen and oxygen atoms in total. The van der Waals surface area contributed by atoms with E-state index in [4.69, 9.17) is 28.8 Å². The maximum absolute atomic E-state index is 6.16. The van der Waals surface area contributed by atoms with Crippen LogP contribution in [0.1, 0.15) is 45.9 Å². The van der Waals surface area contributed by atoms with Crippen LogP contribution in [-0.4, -0.2) is 14.7 Å². The highest BCUT2D eigenvalue weighted by Gasteiger charge is 2.42. The Balaban J connectivity index is 1.69. The second kappa shape index (κ2) is 8.90. The summed E-state index contributed by atoms with van der Waals surface area (Å²) in [5.74, 6) is 0. The summed E-state index contributed by atoms with van der Waals surface area (Å²) >= 11 is 12.1. The van der Waals surface area contributed by atoms with Crippen molar-refractivity contribution in [3.8, 4) is 5.69 Å². The van der Waals surface area contributed by atoms with Gasteiger partial charge in [0.1, 0.15) is 0 Å². The average molecular weight is 487 g/mol. The van der Waals surface area contributed by atoms with E-state index in [1.807, 2.05) is 30.5 Å². The van der Waals surface area contributed by atoms with Gasteiger partial charge in [0, 0.05) is 34.0 Å². The minimum absolute atomic E-state index is 0.0455. The minimum Gasteiger partial charge on any atom is -0.351 e. The van der Waals surface area contributed by atoms with Crippen LogP contribution >= 0.6 is 23.8 Å². The zero-order chi connectivity index (χ0) is 24.0. The molecule has 1 fully saturated rings. The van der Waals surface area contributed by atoms with Crippen molar-refractivity contribution in [3.63, 3.8) is 0 Å². The zero-order valence-corrected chi connectivity index (χ0v) is 21.3. The molecule has 4 aromatic rings. The van der Waals surface area contributed by atoms with Gasteiger partial charge in [0.2, 0.25) is 0 Å². The van der Waals surface area contributed by atoms with Crippen LogP contribution in [-0.2, 0) is 0 Å². The first-order valence-corrected chi connectivity index (χ1v) is 12.2. The molecule has 0 aliphatic carbocycles. The highest BCUT2D eigenvalue weighted by atomic mass is 35.5. The van der Waals surface area contributed by atoms with Crippen LogP contribution < -0.4 is 10.2 Å². The van der Waals surface area contributed by atoms with E-state index in [2.05, 4.69) is 84.9 Å². The number of aryl methyl sites for hydroxylation is 3. The molecular formula is C28H27ClN4S. The van der Waals surface area contributed by atoms with Crippen molar-refractivity contribution in [3.05, 3.63) is 112 Å². The molecule has 0 amide bonds. The number of thiocarbonyl (C=S) groups is 1. The smallest absolute Gasteiger partial charge is 0.174 e. The number of benzene rings is 2. The van der Waals surface area contributed by atoms with Gasteiger partial charge in [-0.3, -0.25) is 4.98 Å². The van der Waals surface area contributed by atoms with Crippen LogP contribution in [0.2, 0.25) is 5.02 Å². The molecule has 1 aliphatic heterocycles. The molecule has 1 N–H and O–H groups in total. The number of hydrogen-bond acceptors (Lipinski definition) is 2. The van der Waals surface area contributed by atoms with E-state index in [1.54, 1.807) is 0 Å². The fourth-order valence-electron chi connectivity index (χ4n) is 5.11. The minimum atomic E-state index is -0.0753. The normalized spacial score (nSPS) is 17.8. The SMILES string of the molecule is Cc1cc(C)cc(N2C(=S)N[C@@H](c3ccccn3)[C@H]2c2cc(C)n(-c3ccc(Cl)cc3)c2C)c1. The maximum Gasteiger partial charge on any atom is 0.174 e. The molecule has 1 aliphatic rings. The van der Waals surface area contributed by atoms with Gasteiger partial charge in [0.15, 0.2) is 5.11 Å². The highest BCUT2D eigenvalue weighted by Crippen LogP contribution is 2.44. The summed E-state index contributed by atoms with van der Waals surface area (Å²) in [5, 5.41) is 5.02. The van der Waals surface area contributed by atoms with Gasteiger partial charge < -0.3 is 14.8 Å². The Kier molecular flexibility index (Phi) is 5.92. The number of nitrogens with one attached hydrogen (secondary N) is 1. The molecule has 34 heavy (non-hydrogen) atoms. The van der Waals surface area contributed by atoms with E-state index >= 15 is 0 Å². The van der Waals surface area contributed by atoms with E-state index in [-0.39, 0.29) is 12.1 Å². The van der Waals surface area contributed by atoms with Crippen molar-refractivity contribution >= 4 is 34.6 Å². The lowest BCUT2D eigenvalue weighted by molar-refractivity contribution is 0.565. The van der Waals surface area contributed by atoms with Gasteiger partial charge in [0.25, 0.3) is 0 Å². The van der Waals surface area contributed by atoms with Gasteiger partial charge in [-0.05, 0) is 111 Å². The van der Waals surface area contributed by atoms with Crippen LogP contribution in [0.5, 0.6) is 0 Å². The standard InChI is InChI=1S/C28H27ClN4S/c1-17-13-18(2)15-23(14-17)33-27(26(31-28(33)34)25-7-5-6-12-30-25)24-16-19(3)32(20(24)4)22-10-8-21(29)9-11-22/h5-16,26-27H,1-4H3,(H,31,34)/t26-,27+/m0/s1. The molecule has 2 atom stereocenters. The maximum atomic E-state index is 6.16. The Morgan fingerprint density at radius 3 is 2.24 bits per heavy atom. The summed E-state index contributed by atoms with van der Waals surface area (Å²) in [6.07, 6.45) is 1.84. The molecule has 0 radical (unpaired) electrons. The van der Waals surface area contributed by atoms with Crippen molar-refractivity contribution < 1.29 is 0 Å². The quantitative estimate of drug-likeness (QED) is 0.317. The topological polar surface area (TPSA) is 33.1 Å². The third kappa shape index (κ3) is 3.99. The summed E-state index contributed by atoms with van der Waals surface area (Å²) < 4.78 is 2.28. The van der Waals surface area contributed by atoms with Crippen LogP contribution in [0.4, 0.5) is 5.69 Å². The van der Waals surface area contributed by atoms with Crippen LogP contribution in [0.15, 0.2) is 72.9 Å². The van der Waals surface area contributed by atoms with Crippen LogP contribution in [0.3, 0.4) is 0 Å². The van der Waals surface area contributed by atoms with Crippen LogP contribution in [0, 0.1) is 27.7 Å². The molecule has 3 heterocycles. The van der Waals surface area contributed by atoms with Gasteiger partial charge in [-0.1, -0.05) is 23.7 Å². The number of hydrogen-bond donors (Lipinski definition) is 1. The summed E-state index contributed by atoms with van der Waals surface area (Å²) in [6.45, 7) is 8.57.